The Bertz CT molecular complexity index is 553. The number of aliphatic imine (C=N–C) groups is 1. The van der Waals surface area contributed by atoms with Gasteiger partial charge in [0.15, 0.2) is 5.96 Å². The van der Waals surface area contributed by atoms with Crippen LogP contribution in [0.5, 0.6) is 0 Å². The molecule has 0 radical (unpaired) electrons. The van der Waals surface area contributed by atoms with Gasteiger partial charge in [0.25, 0.3) is 0 Å². The summed E-state index contributed by atoms with van der Waals surface area (Å²) in [5.41, 5.74) is 1.37. The molecular weight excluding hydrogens is 352 g/mol. The zero-order valence-electron chi connectivity index (χ0n) is 17.8. The van der Waals surface area contributed by atoms with Crippen LogP contribution < -0.4 is 10.6 Å². The molecule has 2 unspecified atom stereocenters. The zero-order valence-corrected chi connectivity index (χ0v) is 17.8. The van der Waals surface area contributed by atoms with E-state index in [9.17, 15) is 0 Å². The minimum absolute atomic E-state index is 0.415. The largest absolute Gasteiger partial charge is 0.379 e. The summed E-state index contributed by atoms with van der Waals surface area (Å²) in [5, 5.41) is 6.90. The smallest absolute Gasteiger partial charge is 0.191 e. The Labute approximate surface area is 170 Å². The highest BCUT2D eigenvalue weighted by molar-refractivity contribution is 5.80. The molecule has 2 N–H and O–H groups in total. The Balaban J connectivity index is 1.59. The lowest BCUT2D eigenvalue weighted by atomic mass is 10.2. The van der Waals surface area contributed by atoms with E-state index in [2.05, 4.69) is 64.7 Å². The first-order valence-corrected chi connectivity index (χ1v) is 10.6. The van der Waals surface area contributed by atoms with Crippen LogP contribution in [0.25, 0.3) is 0 Å². The predicted octanol–water partition coefficient (Wildman–Crippen LogP) is 2.65. The number of unbranched alkanes of at least 4 members (excludes halogenated alkanes) is 1. The average Bonchev–Trinajstić information content (AvgIpc) is 3.05. The average molecular weight is 391 g/mol. The van der Waals surface area contributed by atoms with Gasteiger partial charge in [-0.1, -0.05) is 43.7 Å². The van der Waals surface area contributed by atoms with Crippen molar-refractivity contribution in [2.45, 2.75) is 51.7 Å². The Kier molecular flexibility index (Phi) is 10.9. The second-order valence-corrected chi connectivity index (χ2v) is 7.42. The van der Waals surface area contributed by atoms with Gasteiger partial charge in [-0.3, -0.25) is 9.89 Å². The van der Waals surface area contributed by atoms with E-state index in [0.29, 0.717) is 31.9 Å². The fraction of sp³-hybridized carbons (Fsp3) is 0.682. The molecule has 1 aromatic rings. The predicted molar refractivity (Wildman–Crippen MR) is 116 cm³/mol. The highest BCUT2D eigenvalue weighted by Gasteiger charge is 2.29. The van der Waals surface area contributed by atoms with Crippen LogP contribution in [0.15, 0.2) is 35.3 Å². The van der Waals surface area contributed by atoms with Crippen molar-refractivity contribution in [2.75, 3.05) is 46.6 Å². The summed E-state index contributed by atoms with van der Waals surface area (Å²) >= 11 is 0. The molecule has 1 fully saturated rings. The van der Waals surface area contributed by atoms with E-state index in [1.165, 1.54) is 12.0 Å². The van der Waals surface area contributed by atoms with Crippen molar-refractivity contribution >= 4 is 5.96 Å². The summed E-state index contributed by atoms with van der Waals surface area (Å²) in [7, 11) is 1.82. The molecule has 0 bridgehead atoms. The van der Waals surface area contributed by atoms with Gasteiger partial charge >= 0.3 is 0 Å². The van der Waals surface area contributed by atoms with Gasteiger partial charge in [-0.05, 0) is 25.3 Å². The fourth-order valence-electron chi connectivity index (χ4n) is 3.44. The summed E-state index contributed by atoms with van der Waals surface area (Å²) in [6.45, 7) is 10.0. The van der Waals surface area contributed by atoms with Crippen LogP contribution in [0.4, 0.5) is 0 Å². The van der Waals surface area contributed by atoms with Crippen LogP contribution in [0.3, 0.4) is 0 Å². The topological polar surface area (TPSA) is 58.1 Å². The molecular formula is C22H38N4O2. The van der Waals surface area contributed by atoms with E-state index < -0.39 is 0 Å². The van der Waals surface area contributed by atoms with Crippen LogP contribution in [-0.4, -0.2) is 69.5 Å². The van der Waals surface area contributed by atoms with E-state index in [1.807, 2.05) is 7.05 Å². The first-order valence-electron chi connectivity index (χ1n) is 10.6. The van der Waals surface area contributed by atoms with Gasteiger partial charge in [-0.25, -0.2) is 0 Å². The highest BCUT2D eigenvalue weighted by atomic mass is 16.5. The highest BCUT2D eigenvalue weighted by Crippen LogP contribution is 2.20. The van der Waals surface area contributed by atoms with Gasteiger partial charge in [-0.15, -0.1) is 0 Å². The molecule has 6 heteroatoms. The van der Waals surface area contributed by atoms with Crippen molar-refractivity contribution in [2.24, 2.45) is 4.99 Å². The maximum absolute atomic E-state index is 5.60. The second-order valence-electron chi connectivity index (χ2n) is 7.42. The summed E-state index contributed by atoms with van der Waals surface area (Å²) < 4.78 is 11.1. The van der Waals surface area contributed by atoms with Crippen LogP contribution >= 0.6 is 0 Å². The Morgan fingerprint density at radius 2 is 1.89 bits per heavy atom. The van der Waals surface area contributed by atoms with Crippen LogP contribution in [0.2, 0.25) is 0 Å². The van der Waals surface area contributed by atoms with Gasteiger partial charge in [0, 0.05) is 45.4 Å². The fourth-order valence-corrected chi connectivity index (χ4v) is 3.44. The Morgan fingerprint density at radius 3 is 2.61 bits per heavy atom. The first-order chi connectivity index (χ1) is 13.7. The van der Waals surface area contributed by atoms with Gasteiger partial charge < -0.3 is 20.1 Å². The molecule has 0 spiro atoms. The summed E-state index contributed by atoms with van der Waals surface area (Å²) in [5.74, 6) is 0.849. The number of benzene rings is 1. The van der Waals surface area contributed by atoms with E-state index in [-0.39, 0.29) is 0 Å². The lowest BCUT2D eigenvalue weighted by Gasteiger charge is -2.21. The summed E-state index contributed by atoms with van der Waals surface area (Å²) in [4.78, 5) is 6.88. The van der Waals surface area contributed by atoms with Crippen LogP contribution in [-0.2, 0) is 16.0 Å². The minimum Gasteiger partial charge on any atom is -0.379 e. The van der Waals surface area contributed by atoms with Gasteiger partial charge in [0.05, 0.1) is 19.8 Å². The van der Waals surface area contributed by atoms with E-state index in [4.69, 9.17) is 9.47 Å². The number of rotatable bonds is 12. The molecule has 1 aliphatic rings. The molecule has 1 aliphatic heterocycles. The molecule has 0 amide bonds. The van der Waals surface area contributed by atoms with Gasteiger partial charge in [0.1, 0.15) is 0 Å². The van der Waals surface area contributed by atoms with E-state index in [1.54, 1.807) is 0 Å². The molecule has 0 saturated carbocycles. The Morgan fingerprint density at radius 1 is 1.14 bits per heavy atom. The quantitative estimate of drug-likeness (QED) is 0.326. The normalized spacial score (nSPS) is 20.5. The zero-order chi connectivity index (χ0) is 20.0. The molecule has 2 atom stereocenters. The molecule has 0 aromatic heterocycles. The van der Waals surface area contributed by atoms with Crippen molar-refractivity contribution in [1.82, 2.24) is 15.5 Å². The molecule has 0 aliphatic carbocycles. The maximum Gasteiger partial charge on any atom is 0.191 e. The number of nitrogens with one attached hydrogen (secondary N) is 2. The van der Waals surface area contributed by atoms with Crippen LogP contribution in [0, 0.1) is 0 Å². The molecule has 2 rings (SSSR count). The van der Waals surface area contributed by atoms with Crippen LogP contribution in [0.1, 0.15) is 38.7 Å². The third-order valence-corrected chi connectivity index (χ3v) is 5.05. The molecule has 158 valence electrons. The lowest BCUT2D eigenvalue weighted by molar-refractivity contribution is 0.0487. The summed E-state index contributed by atoms with van der Waals surface area (Å²) in [6, 6.07) is 11.7. The number of hydrogen-bond donors (Lipinski definition) is 2. The maximum atomic E-state index is 5.60. The van der Waals surface area contributed by atoms with E-state index >= 15 is 0 Å². The number of nitrogens with zero attached hydrogens (tertiary/aromatic N) is 2. The lowest BCUT2D eigenvalue weighted by Crippen LogP contribution is -2.45. The Hall–Kier alpha value is -1.63. The number of likely N-dealkylation sites (tertiary alicyclic amines) is 1. The SMILES string of the molecule is CCCCOCCOCCNC(=NC)NC1CC(C)N(Cc2ccccc2)C1. The van der Waals surface area contributed by atoms with E-state index in [0.717, 1.165) is 45.0 Å². The third kappa shape index (κ3) is 8.59. The molecule has 1 aromatic carbocycles. The number of ether oxygens (including phenoxy) is 2. The molecule has 1 saturated heterocycles. The van der Waals surface area contributed by atoms with Crippen molar-refractivity contribution in [3.63, 3.8) is 0 Å². The summed E-state index contributed by atoms with van der Waals surface area (Å²) in [6.07, 6.45) is 3.41. The van der Waals surface area contributed by atoms with Crippen molar-refractivity contribution in [3.05, 3.63) is 35.9 Å². The minimum atomic E-state index is 0.415. The van der Waals surface area contributed by atoms with Crippen molar-refractivity contribution in [3.8, 4) is 0 Å². The second kappa shape index (κ2) is 13.5. The molecule has 1 heterocycles. The number of guanidine groups is 1. The monoisotopic (exact) mass is 390 g/mol. The van der Waals surface area contributed by atoms with Gasteiger partial charge in [0.2, 0.25) is 0 Å². The van der Waals surface area contributed by atoms with Gasteiger partial charge in [-0.2, -0.15) is 0 Å². The third-order valence-electron chi connectivity index (χ3n) is 5.05. The standard InChI is InChI=1S/C22H38N4O2/c1-4-5-12-27-14-15-28-13-11-24-22(23-3)25-21-16-19(2)26(18-21)17-20-9-7-6-8-10-20/h6-10,19,21H,4-5,11-18H2,1-3H3,(H2,23,24,25). The first kappa shape index (κ1) is 22.7. The molecule has 28 heavy (non-hydrogen) atoms. The van der Waals surface area contributed by atoms with Crippen molar-refractivity contribution < 1.29 is 9.47 Å². The number of hydrogen-bond acceptors (Lipinski definition) is 4. The van der Waals surface area contributed by atoms with Crippen molar-refractivity contribution in [1.29, 1.82) is 0 Å². The molecule has 6 nitrogen and oxygen atoms in total.